The van der Waals surface area contributed by atoms with Gasteiger partial charge in [0.2, 0.25) is 0 Å². The fourth-order valence-electron chi connectivity index (χ4n) is 2.95. The monoisotopic (exact) mass is 276 g/mol. The molecule has 0 aliphatic rings. The van der Waals surface area contributed by atoms with Gasteiger partial charge >= 0.3 is 0 Å². The van der Waals surface area contributed by atoms with Crippen LogP contribution < -0.4 is 0 Å². The first-order valence-corrected chi connectivity index (χ1v) is 7.08. The molecule has 4 nitrogen and oxygen atoms in total. The Morgan fingerprint density at radius 1 is 1.00 bits per heavy atom. The first-order valence-electron chi connectivity index (χ1n) is 7.08. The molecule has 0 fully saturated rings. The Kier molecular flexibility index (Phi) is 2.57. The van der Waals surface area contributed by atoms with E-state index in [9.17, 15) is 0 Å². The minimum Gasteiger partial charge on any atom is -0.303 e. The van der Waals surface area contributed by atoms with Crippen LogP contribution in [0.15, 0.2) is 48.8 Å². The van der Waals surface area contributed by atoms with Crippen molar-refractivity contribution in [3.8, 4) is 0 Å². The molecule has 0 unspecified atom stereocenters. The maximum Gasteiger partial charge on any atom is 0.137 e. The molecule has 0 aliphatic carbocycles. The Labute approximate surface area is 122 Å². The number of imidazole rings is 2. The van der Waals surface area contributed by atoms with Gasteiger partial charge in [-0.25, -0.2) is 9.97 Å². The highest BCUT2D eigenvalue weighted by Gasteiger charge is 2.12. The predicted octanol–water partition coefficient (Wildman–Crippen LogP) is 3.19. The van der Waals surface area contributed by atoms with Crippen LogP contribution in [0.2, 0.25) is 0 Å². The summed E-state index contributed by atoms with van der Waals surface area (Å²) in [6.07, 6.45) is 4.86. The minimum atomic E-state index is 0.822. The Bertz CT molecular complexity index is 946. The van der Waals surface area contributed by atoms with Crippen molar-refractivity contribution in [2.75, 3.05) is 0 Å². The SMILES string of the molecule is Cc1nc2ccccn2c1Cc1cnc2cccc(C)n12. The van der Waals surface area contributed by atoms with Crippen LogP contribution in [-0.4, -0.2) is 18.8 Å². The Balaban J connectivity index is 1.89. The summed E-state index contributed by atoms with van der Waals surface area (Å²) in [5.41, 5.74) is 6.68. The molecule has 4 rings (SSSR count). The molecule has 0 saturated carbocycles. The van der Waals surface area contributed by atoms with Gasteiger partial charge in [0.1, 0.15) is 11.3 Å². The van der Waals surface area contributed by atoms with Gasteiger partial charge in [-0.15, -0.1) is 0 Å². The topological polar surface area (TPSA) is 34.6 Å². The molecule has 104 valence electrons. The average molecular weight is 276 g/mol. The molecule has 0 bridgehead atoms. The molecule has 4 heterocycles. The molecule has 0 aliphatic heterocycles. The molecule has 0 atom stereocenters. The van der Waals surface area contributed by atoms with Crippen LogP contribution in [0.4, 0.5) is 0 Å². The number of hydrogen-bond donors (Lipinski definition) is 0. The maximum atomic E-state index is 4.63. The first kappa shape index (κ1) is 12.1. The molecule has 0 saturated heterocycles. The molecule has 0 aromatic carbocycles. The number of fused-ring (bicyclic) bond motifs is 2. The van der Waals surface area contributed by atoms with Gasteiger partial charge in [0.15, 0.2) is 0 Å². The van der Waals surface area contributed by atoms with Crippen LogP contribution in [0.1, 0.15) is 22.8 Å². The highest BCUT2D eigenvalue weighted by molar-refractivity contribution is 5.46. The number of nitrogens with zero attached hydrogens (tertiary/aromatic N) is 4. The van der Waals surface area contributed by atoms with E-state index in [0.717, 1.165) is 23.4 Å². The Morgan fingerprint density at radius 3 is 2.76 bits per heavy atom. The van der Waals surface area contributed by atoms with Crippen molar-refractivity contribution in [2.24, 2.45) is 0 Å². The first-order chi connectivity index (χ1) is 10.2. The van der Waals surface area contributed by atoms with Crippen LogP contribution in [0.5, 0.6) is 0 Å². The Hall–Kier alpha value is -2.62. The van der Waals surface area contributed by atoms with E-state index in [-0.39, 0.29) is 0 Å². The second kappa shape index (κ2) is 4.45. The molecule has 4 aromatic heterocycles. The van der Waals surface area contributed by atoms with Crippen molar-refractivity contribution in [2.45, 2.75) is 20.3 Å². The lowest BCUT2D eigenvalue weighted by Crippen LogP contribution is -2.01. The summed E-state index contributed by atoms with van der Waals surface area (Å²) in [4.78, 5) is 9.13. The quantitative estimate of drug-likeness (QED) is 0.563. The van der Waals surface area contributed by atoms with Crippen molar-refractivity contribution in [1.82, 2.24) is 18.8 Å². The van der Waals surface area contributed by atoms with Crippen LogP contribution >= 0.6 is 0 Å². The van der Waals surface area contributed by atoms with E-state index in [2.05, 4.69) is 44.9 Å². The van der Waals surface area contributed by atoms with E-state index >= 15 is 0 Å². The highest BCUT2D eigenvalue weighted by Crippen LogP contribution is 2.18. The van der Waals surface area contributed by atoms with E-state index in [0.29, 0.717) is 0 Å². The van der Waals surface area contributed by atoms with E-state index < -0.39 is 0 Å². The van der Waals surface area contributed by atoms with E-state index in [4.69, 9.17) is 0 Å². The third-order valence-corrected chi connectivity index (χ3v) is 3.98. The molecular weight excluding hydrogens is 260 g/mol. The van der Waals surface area contributed by atoms with Crippen LogP contribution in [0.3, 0.4) is 0 Å². The van der Waals surface area contributed by atoms with Crippen LogP contribution in [-0.2, 0) is 6.42 Å². The van der Waals surface area contributed by atoms with Gasteiger partial charge in [-0.2, -0.15) is 0 Å². The summed E-state index contributed by atoms with van der Waals surface area (Å²) in [6.45, 7) is 4.18. The number of pyridine rings is 2. The number of hydrogen-bond acceptors (Lipinski definition) is 2. The fraction of sp³-hybridized carbons (Fsp3) is 0.176. The summed E-state index contributed by atoms with van der Waals surface area (Å²) in [7, 11) is 0. The molecule has 0 radical (unpaired) electrons. The predicted molar refractivity (Wildman–Crippen MR) is 82.7 cm³/mol. The summed E-state index contributed by atoms with van der Waals surface area (Å²) in [6, 6.07) is 12.3. The van der Waals surface area contributed by atoms with Crippen molar-refractivity contribution in [3.05, 3.63) is 71.6 Å². The molecular formula is C17H16N4. The van der Waals surface area contributed by atoms with Crippen LogP contribution in [0, 0.1) is 13.8 Å². The van der Waals surface area contributed by atoms with Crippen molar-refractivity contribution < 1.29 is 0 Å². The summed E-state index contributed by atoms with van der Waals surface area (Å²) >= 11 is 0. The average Bonchev–Trinajstić information content (AvgIpc) is 3.03. The lowest BCUT2D eigenvalue weighted by molar-refractivity contribution is 0.930. The molecule has 21 heavy (non-hydrogen) atoms. The second-order valence-electron chi connectivity index (χ2n) is 5.36. The van der Waals surface area contributed by atoms with Crippen LogP contribution in [0.25, 0.3) is 11.3 Å². The summed E-state index contributed by atoms with van der Waals surface area (Å²) in [5, 5.41) is 0. The van der Waals surface area contributed by atoms with E-state index in [1.807, 2.05) is 36.5 Å². The van der Waals surface area contributed by atoms with Gasteiger partial charge in [0.25, 0.3) is 0 Å². The van der Waals surface area contributed by atoms with Gasteiger partial charge in [-0.3, -0.25) is 0 Å². The number of aromatic nitrogens is 4. The number of rotatable bonds is 2. The zero-order valence-electron chi connectivity index (χ0n) is 12.1. The maximum absolute atomic E-state index is 4.63. The smallest absolute Gasteiger partial charge is 0.137 e. The van der Waals surface area contributed by atoms with Crippen molar-refractivity contribution in [1.29, 1.82) is 0 Å². The van der Waals surface area contributed by atoms with E-state index in [1.54, 1.807) is 0 Å². The van der Waals surface area contributed by atoms with Gasteiger partial charge < -0.3 is 8.80 Å². The van der Waals surface area contributed by atoms with Gasteiger partial charge in [0, 0.05) is 30.2 Å². The van der Waals surface area contributed by atoms with Gasteiger partial charge in [0.05, 0.1) is 11.4 Å². The Morgan fingerprint density at radius 2 is 1.86 bits per heavy atom. The molecule has 4 heteroatoms. The summed E-state index contributed by atoms with van der Waals surface area (Å²) in [5.74, 6) is 0. The van der Waals surface area contributed by atoms with Crippen molar-refractivity contribution in [3.63, 3.8) is 0 Å². The second-order valence-corrected chi connectivity index (χ2v) is 5.36. The molecule has 4 aromatic rings. The van der Waals surface area contributed by atoms with Gasteiger partial charge in [-0.05, 0) is 38.1 Å². The van der Waals surface area contributed by atoms with Crippen molar-refractivity contribution >= 4 is 11.3 Å². The lowest BCUT2D eigenvalue weighted by atomic mass is 10.2. The minimum absolute atomic E-state index is 0.822. The lowest BCUT2D eigenvalue weighted by Gasteiger charge is -2.06. The third kappa shape index (κ3) is 1.83. The highest BCUT2D eigenvalue weighted by atomic mass is 15.0. The largest absolute Gasteiger partial charge is 0.303 e. The van der Waals surface area contributed by atoms with Gasteiger partial charge in [-0.1, -0.05) is 12.1 Å². The standard InChI is InChI=1S/C17H16N4/c1-12-6-5-8-16-18-11-14(21(12)16)10-15-13(2)19-17-7-3-4-9-20(15)17/h3-9,11H,10H2,1-2H3. The normalized spacial score (nSPS) is 11.5. The summed E-state index contributed by atoms with van der Waals surface area (Å²) < 4.78 is 4.37. The molecule has 0 N–H and O–H groups in total. The molecule has 0 amide bonds. The number of aryl methyl sites for hydroxylation is 2. The fourth-order valence-corrected chi connectivity index (χ4v) is 2.95. The molecule has 0 spiro atoms. The third-order valence-electron chi connectivity index (χ3n) is 3.98. The van der Waals surface area contributed by atoms with E-state index in [1.165, 1.54) is 17.1 Å². The zero-order chi connectivity index (χ0) is 14.4. The zero-order valence-corrected chi connectivity index (χ0v) is 12.1.